The average molecular weight is 422 g/mol. The van der Waals surface area contributed by atoms with Crippen LogP contribution in [-0.2, 0) is 0 Å². The first-order valence-electron chi connectivity index (χ1n) is 10.9. The summed E-state index contributed by atoms with van der Waals surface area (Å²) in [6, 6.07) is 38.2. The molecule has 0 radical (unpaired) electrons. The van der Waals surface area contributed by atoms with Crippen LogP contribution in [0.3, 0.4) is 0 Å². The molecule has 0 amide bonds. The lowest BCUT2D eigenvalue weighted by Crippen LogP contribution is -1.97. The van der Waals surface area contributed by atoms with Gasteiger partial charge in [0.1, 0.15) is 6.07 Å². The quantitative estimate of drug-likeness (QED) is 0.299. The van der Waals surface area contributed by atoms with Crippen molar-refractivity contribution in [2.45, 2.75) is 0 Å². The van der Waals surface area contributed by atoms with Gasteiger partial charge < -0.3 is 4.57 Å². The van der Waals surface area contributed by atoms with Crippen molar-refractivity contribution in [2.75, 3.05) is 0 Å². The van der Waals surface area contributed by atoms with E-state index in [1.165, 1.54) is 27.4 Å². The molecule has 0 aliphatic rings. The van der Waals surface area contributed by atoms with Crippen LogP contribution in [0.1, 0.15) is 5.56 Å². The fraction of sp³-hybridized carbons (Fsp3) is 0. The van der Waals surface area contributed by atoms with Crippen molar-refractivity contribution in [2.24, 2.45) is 0 Å². The Hall–Kier alpha value is -4.68. The average Bonchev–Trinajstić information content (AvgIpc) is 3.23. The highest BCUT2D eigenvalue weighted by Crippen LogP contribution is 2.36. The molecule has 0 fully saturated rings. The second-order valence-corrected chi connectivity index (χ2v) is 8.04. The second kappa shape index (κ2) is 7.78. The van der Waals surface area contributed by atoms with Gasteiger partial charge in [-0.3, -0.25) is 4.98 Å². The molecule has 3 nitrogen and oxygen atoms in total. The van der Waals surface area contributed by atoms with Gasteiger partial charge in [-0.15, -0.1) is 0 Å². The van der Waals surface area contributed by atoms with Crippen LogP contribution in [-0.4, -0.2) is 9.55 Å². The third-order valence-corrected chi connectivity index (χ3v) is 6.12. The van der Waals surface area contributed by atoms with E-state index in [0.29, 0.717) is 5.56 Å². The third kappa shape index (κ3) is 3.17. The lowest BCUT2D eigenvalue weighted by Gasteiger charge is -2.14. The van der Waals surface area contributed by atoms with Gasteiger partial charge in [-0.2, -0.15) is 5.26 Å². The maximum atomic E-state index is 9.18. The van der Waals surface area contributed by atoms with Crippen molar-refractivity contribution in [1.82, 2.24) is 9.55 Å². The topological polar surface area (TPSA) is 41.6 Å². The summed E-state index contributed by atoms with van der Waals surface area (Å²) >= 11 is 0. The summed E-state index contributed by atoms with van der Waals surface area (Å²) in [6.07, 6.45) is 3.38. The van der Waals surface area contributed by atoms with Crippen molar-refractivity contribution in [1.29, 1.82) is 5.26 Å². The van der Waals surface area contributed by atoms with E-state index < -0.39 is 0 Å². The fourth-order valence-corrected chi connectivity index (χ4v) is 4.60. The largest absolute Gasteiger partial charge is 0.309 e. The minimum Gasteiger partial charge on any atom is -0.309 e. The molecular formula is C30H19N3. The molecule has 33 heavy (non-hydrogen) atoms. The highest BCUT2D eigenvalue weighted by molar-refractivity contribution is 6.09. The standard InChI is InChI=1S/C30H19N3/c31-18-21-17-24(20-32-19-21)22-13-15-23(16-14-22)25-7-1-4-10-28(25)33-29-11-5-2-8-26(29)27-9-3-6-12-30(27)33/h1-17,19-20H. The second-order valence-electron chi connectivity index (χ2n) is 8.04. The van der Waals surface area contributed by atoms with Gasteiger partial charge in [-0.1, -0.05) is 78.9 Å². The van der Waals surface area contributed by atoms with Gasteiger partial charge in [0, 0.05) is 34.3 Å². The number of nitrogens with zero attached hydrogens (tertiary/aromatic N) is 3. The zero-order chi connectivity index (χ0) is 22.2. The Morgan fingerprint density at radius 2 is 1.21 bits per heavy atom. The molecule has 3 heteroatoms. The molecule has 0 aliphatic heterocycles. The predicted octanol–water partition coefficient (Wildman–Crippen LogP) is 7.38. The van der Waals surface area contributed by atoms with E-state index in [1.807, 2.05) is 6.07 Å². The molecule has 6 rings (SSSR count). The van der Waals surface area contributed by atoms with Crippen molar-refractivity contribution >= 4 is 21.8 Å². The van der Waals surface area contributed by atoms with Gasteiger partial charge in [0.05, 0.1) is 22.3 Å². The number of aromatic nitrogens is 2. The molecule has 0 bridgehead atoms. The molecule has 0 spiro atoms. The van der Waals surface area contributed by atoms with Gasteiger partial charge in [-0.25, -0.2) is 0 Å². The zero-order valence-electron chi connectivity index (χ0n) is 17.8. The molecule has 0 saturated heterocycles. The number of rotatable bonds is 3. The first-order chi connectivity index (χ1) is 16.3. The van der Waals surface area contributed by atoms with Crippen LogP contribution in [0, 0.1) is 11.3 Å². The highest BCUT2D eigenvalue weighted by Gasteiger charge is 2.14. The van der Waals surface area contributed by atoms with Crippen LogP contribution >= 0.6 is 0 Å². The molecule has 2 heterocycles. The van der Waals surface area contributed by atoms with Crippen LogP contribution in [0.15, 0.2) is 116 Å². The van der Waals surface area contributed by atoms with Crippen molar-refractivity contribution in [3.63, 3.8) is 0 Å². The highest BCUT2D eigenvalue weighted by atomic mass is 15.0. The lowest BCUT2D eigenvalue weighted by atomic mass is 9.99. The lowest BCUT2D eigenvalue weighted by molar-refractivity contribution is 1.18. The summed E-state index contributed by atoms with van der Waals surface area (Å²) in [4.78, 5) is 4.19. The molecular weight excluding hydrogens is 402 g/mol. The number of para-hydroxylation sites is 3. The Morgan fingerprint density at radius 1 is 0.606 bits per heavy atom. The van der Waals surface area contributed by atoms with E-state index in [2.05, 4.69) is 113 Å². The first-order valence-corrected chi connectivity index (χ1v) is 10.9. The maximum Gasteiger partial charge on any atom is 0.101 e. The van der Waals surface area contributed by atoms with E-state index in [4.69, 9.17) is 0 Å². The van der Waals surface area contributed by atoms with Gasteiger partial charge in [-0.05, 0) is 35.4 Å². The molecule has 4 aromatic carbocycles. The summed E-state index contributed by atoms with van der Waals surface area (Å²) in [5.74, 6) is 0. The number of hydrogen-bond donors (Lipinski definition) is 0. The summed E-state index contributed by atoms with van der Waals surface area (Å²) in [5.41, 5.74) is 8.39. The van der Waals surface area contributed by atoms with E-state index in [9.17, 15) is 5.26 Å². The minimum absolute atomic E-state index is 0.563. The van der Waals surface area contributed by atoms with Crippen LogP contribution in [0.5, 0.6) is 0 Å². The van der Waals surface area contributed by atoms with Gasteiger partial charge in [0.2, 0.25) is 0 Å². The molecule has 2 aromatic heterocycles. The predicted molar refractivity (Wildman–Crippen MR) is 134 cm³/mol. The fourth-order valence-electron chi connectivity index (χ4n) is 4.60. The van der Waals surface area contributed by atoms with Crippen LogP contribution in [0.4, 0.5) is 0 Å². The number of benzene rings is 4. The summed E-state index contributed by atoms with van der Waals surface area (Å²) in [7, 11) is 0. The summed E-state index contributed by atoms with van der Waals surface area (Å²) in [6.45, 7) is 0. The number of pyridine rings is 1. The van der Waals surface area contributed by atoms with Crippen LogP contribution < -0.4 is 0 Å². The van der Waals surface area contributed by atoms with Crippen molar-refractivity contribution in [3.8, 4) is 34.0 Å². The van der Waals surface area contributed by atoms with E-state index in [-0.39, 0.29) is 0 Å². The maximum absolute atomic E-state index is 9.18. The molecule has 0 atom stereocenters. The molecule has 6 aromatic rings. The Labute approximate surface area is 191 Å². The number of hydrogen-bond acceptors (Lipinski definition) is 2. The number of fused-ring (bicyclic) bond motifs is 3. The van der Waals surface area contributed by atoms with Crippen molar-refractivity contribution in [3.05, 3.63) is 121 Å². The van der Waals surface area contributed by atoms with Gasteiger partial charge >= 0.3 is 0 Å². The molecule has 0 unspecified atom stereocenters. The summed E-state index contributed by atoms with van der Waals surface area (Å²) < 4.78 is 2.36. The number of nitriles is 1. The minimum atomic E-state index is 0.563. The Morgan fingerprint density at radius 3 is 1.91 bits per heavy atom. The Bertz CT molecular complexity index is 1610. The van der Waals surface area contributed by atoms with Gasteiger partial charge in [0.25, 0.3) is 0 Å². The van der Waals surface area contributed by atoms with Crippen LogP contribution in [0.2, 0.25) is 0 Å². The SMILES string of the molecule is N#Cc1cncc(-c2ccc(-c3ccccc3-n3c4ccccc4c4ccccc43)cc2)c1. The Balaban J connectivity index is 1.52. The summed E-state index contributed by atoms with van der Waals surface area (Å²) in [5, 5.41) is 11.7. The van der Waals surface area contributed by atoms with Crippen LogP contribution in [0.25, 0.3) is 49.7 Å². The monoisotopic (exact) mass is 421 g/mol. The van der Waals surface area contributed by atoms with Gasteiger partial charge in [0.15, 0.2) is 0 Å². The van der Waals surface area contributed by atoms with E-state index >= 15 is 0 Å². The third-order valence-electron chi connectivity index (χ3n) is 6.12. The van der Waals surface area contributed by atoms with Crippen molar-refractivity contribution < 1.29 is 0 Å². The first kappa shape index (κ1) is 19.0. The normalized spacial score (nSPS) is 11.0. The van der Waals surface area contributed by atoms with E-state index in [0.717, 1.165) is 22.4 Å². The molecule has 0 N–H and O–H groups in total. The molecule has 0 aliphatic carbocycles. The molecule has 0 saturated carbocycles. The zero-order valence-corrected chi connectivity index (χ0v) is 17.8. The Kier molecular flexibility index (Phi) is 4.49. The molecule has 154 valence electrons. The van der Waals surface area contributed by atoms with E-state index in [1.54, 1.807) is 12.4 Å². The smallest absolute Gasteiger partial charge is 0.101 e.